The first-order valence-corrected chi connectivity index (χ1v) is 3.97. The molecule has 0 rings (SSSR count). The van der Waals surface area contributed by atoms with Crippen molar-refractivity contribution in [1.82, 2.24) is 0 Å². The van der Waals surface area contributed by atoms with E-state index in [0.29, 0.717) is 12.3 Å². The third-order valence-corrected chi connectivity index (χ3v) is 1.38. The maximum atomic E-state index is 10.7. The van der Waals surface area contributed by atoms with Crippen molar-refractivity contribution in [1.29, 1.82) is 0 Å². The molecule has 0 aromatic carbocycles. The first kappa shape index (κ1) is 10.2. The Kier molecular flexibility index (Phi) is 5.53. The largest absolute Gasteiger partial charge is 0.435 e. The molecule has 0 aliphatic carbocycles. The smallest absolute Gasteiger partial charge is 0.310 e. The van der Waals surface area contributed by atoms with E-state index in [9.17, 15) is 4.79 Å². The van der Waals surface area contributed by atoms with Gasteiger partial charge in [0.1, 0.15) is 0 Å². The highest BCUT2D eigenvalue weighted by Crippen LogP contribution is 2.06. The van der Waals surface area contributed by atoms with Crippen LogP contribution in [0.25, 0.3) is 0 Å². The fourth-order valence-electron chi connectivity index (χ4n) is 0.807. The van der Waals surface area contributed by atoms with Crippen LogP contribution in [0.3, 0.4) is 0 Å². The Balaban J connectivity index is 3.24. The average Bonchev–Trinajstić information content (AvgIpc) is 1.87. The van der Waals surface area contributed by atoms with E-state index in [4.69, 9.17) is 0 Å². The van der Waals surface area contributed by atoms with Crippen LogP contribution in [0.4, 0.5) is 0 Å². The Bertz CT molecular complexity index is 128. The highest BCUT2D eigenvalue weighted by molar-refractivity contribution is 5.69. The lowest BCUT2D eigenvalue weighted by Gasteiger charge is -2.02. The summed E-state index contributed by atoms with van der Waals surface area (Å²) in [5, 5.41) is 0. The maximum Gasteiger partial charge on any atom is 0.310 e. The zero-order chi connectivity index (χ0) is 8.69. The van der Waals surface area contributed by atoms with Crippen molar-refractivity contribution in [2.24, 2.45) is 5.92 Å². The van der Waals surface area contributed by atoms with E-state index >= 15 is 0 Å². The second-order valence-corrected chi connectivity index (χ2v) is 2.94. The summed E-state index contributed by atoms with van der Waals surface area (Å²) >= 11 is 0. The molecular formula is C9H16O2. The van der Waals surface area contributed by atoms with E-state index in [-0.39, 0.29) is 5.97 Å². The molecule has 2 heteroatoms. The van der Waals surface area contributed by atoms with Crippen molar-refractivity contribution < 1.29 is 9.53 Å². The highest BCUT2D eigenvalue weighted by Gasteiger charge is 2.01. The fourth-order valence-corrected chi connectivity index (χ4v) is 0.807. The van der Waals surface area contributed by atoms with E-state index in [2.05, 4.69) is 25.2 Å². The van der Waals surface area contributed by atoms with Crippen LogP contribution < -0.4 is 0 Å². The summed E-state index contributed by atoms with van der Waals surface area (Å²) in [6, 6.07) is 0. The molecule has 11 heavy (non-hydrogen) atoms. The van der Waals surface area contributed by atoms with Gasteiger partial charge in [0.15, 0.2) is 0 Å². The summed E-state index contributed by atoms with van der Waals surface area (Å²) in [4.78, 5) is 10.7. The molecule has 0 atom stereocenters. The highest BCUT2D eigenvalue weighted by atomic mass is 16.5. The zero-order valence-electron chi connectivity index (χ0n) is 7.30. The SMILES string of the molecule is C=COC(=O)CCCC(C)C. The van der Waals surface area contributed by atoms with Crippen LogP contribution >= 0.6 is 0 Å². The van der Waals surface area contributed by atoms with Crippen molar-refractivity contribution in [3.05, 3.63) is 12.8 Å². The Morgan fingerprint density at radius 1 is 1.64 bits per heavy atom. The Morgan fingerprint density at radius 3 is 2.73 bits per heavy atom. The van der Waals surface area contributed by atoms with Gasteiger partial charge in [-0.15, -0.1) is 0 Å². The summed E-state index contributed by atoms with van der Waals surface area (Å²) in [5.74, 6) is 0.479. The molecule has 0 heterocycles. The fraction of sp³-hybridized carbons (Fsp3) is 0.667. The van der Waals surface area contributed by atoms with Crippen molar-refractivity contribution >= 4 is 5.97 Å². The van der Waals surface area contributed by atoms with Crippen LogP contribution in [0.2, 0.25) is 0 Å². The van der Waals surface area contributed by atoms with E-state index in [1.165, 1.54) is 6.26 Å². The molecule has 2 nitrogen and oxygen atoms in total. The summed E-state index contributed by atoms with van der Waals surface area (Å²) < 4.78 is 4.55. The third-order valence-electron chi connectivity index (χ3n) is 1.38. The number of ether oxygens (including phenoxy) is 1. The zero-order valence-corrected chi connectivity index (χ0v) is 7.30. The first-order valence-electron chi connectivity index (χ1n) is 3.97. The molecule has 0 fully saturated rings. The quantitative estimate of drug-likeness (QED) is 0.451. The molecule has 0 spiro atoms. The second-order valence-electron chi connectivity index (χ2n) is 2.94. The molecule has 0 aliphatic rings. The number of rotatable bonds is 5. The third kappa shape index (κ3) is 7.10. The summed E-state index contributed by atoms with van der Waals surface area (Å²) in [7, 11) is 0. The number of hydrogen-bond acceptors (Lipinski definition) is 2. The molecular weight excluding hydrogens is 140 g/mol. The minimum atomic E-state index is -0.180. The van der Waals surface area contributed by atoms with Crippen LogP contribution in [0.1, 0.15) is 33.1 Å². The predicted octanol–water partition coefficient (Wildman–Crippen LogP) is 2.50. The Morgan fingerprint density at radius 2 is 2.27 bits per heavy atom. The summed E-state index contributed by atoms with van der Waals surface area (Å²) in [6.07, 6.45) is 3.67. The molecule has 0 bridgehead atoms. The van der Waals surface area contributed by atoms with Gasteiger partial charge in [-0.3, -0.25) is 4.79 Å². The molecule has 0 unspecified atom stereocenters. The van der Waals surface area contributed by atoms with Gasteiger partial charge >= 0.3 is 5.97 Å². The average molecular weight is 156 g/mol. The minimum absolute atomic E-state index is 0.180. The Hall–Kier alpha value is -0.790. The van der Waals surface area contributed by atoms with E-state index < -0.39 is 0 Å². The number of hydrogen-bond donors (Lipinski definition) is 0. The van der Waals surface area contributed by atoms with Crippen LogP contribution in [-0.4, -0.2) is 5.97 Å². The van der Waals surface area contributed by atoms with Gasteiger partial charge in [-0.1, -0.05) is 26.8 Å². The molecule has 0 aromatic heterocycles. The molecule has 0 N–H and O–H groups in total. The van der Waals surface area contributed by atoms with Crippen molar-refractivity contribution in [3.63, 3.8) is 0 Å². The molecule has 0 aromatic rings. The van der Waals surface area contributed by atoms with Gasteiger partial charge in [-0.2, -0.15) is 0 Å². The van der Waals surface area contributed by atoms with Crippen LogP contribution in [0, 0.1) is 5.92 Å². The van der Waals surface area contributed by atoms with Crippen molar-refractivity contribution in [3.8, 4) is 0 Å². The molecule has 0 saturated heterocycles. The molecule has 0 aliphatic heterocycles. The molecule has 0 radical (unpaired) electrons. The van der Waals surface area contributed by atoms with Gasteiger partial charge < -0.3 is 4.74 Å². The normalized spacial score (nSPS) is 9.73. The lowest BCUT2D eigenvalue weighted by molar-refractivity contribution is -0.138. The van der Waals surface area contributed by atoms with Crippen LogP contribution in [0.15, 0.2) is 12.8 Å². The standard InChI is InChI=1S/C9H16O2/c1-4-11-9(10)7-5-6-8(2)3/h4,8H,1,5-7H2,2-3H3. The number of esters is 1. The van der Waals surface area contributed by atoms with Crippen molar-refractivity contribution in [2.75, 3.05) is 0 Å². The van der Waals surface area contributed by atoms with Crippen LogP contribution in [0.5, 0.6) is 0 Å². The molecule has 64 valence electrons. The lowest BCUT2D eigenvalue weighted by Crippen LogP contribution is -1.99. The van der Waals surface area contributed by atoms with Gasteiger partial charge in [-0.25, -0.2) is 0 Å². The first-order chi connectivity index (χ1) is 5.16. The topological polar surface area (TPSA) is 26.3 Å². The van der Waals surface area contributed by atoms with Gasteiger partial charge in [0.25, 0.3) is 0 Å². The van der Waals surface area contributed by atoms with E-state index in [1.807, 2.05) is 0 Å². The van der Waals surface area contributed by atoms with Gasteiger partial charge in [0, 0.05) is 6.42 Å². The molecule has 0 amide bonds. The number of carbonyl (C=O) groups is 1. The second kappa shape index (κ2) is 5.96. The van der Waals surface area contributed by atoms with E-state index in [0.717, 1.165) is 12.8 Å². The molecule has 0 saturated carbocycles. The van der Waals surface area contributed by atoms with Crippen LogP contribution in [-0.2, 0) is 9.53 Å². The van der Waals surface area contributed by atoms with Gasteiger partial charge in [0.05, 0.1) is 6.26 Å². The maximum absolute atomic E-state index is 10.7. The van der Waals surface area contributed by atoms with Gasteiger partial charge in [-0.05, 0) is 12.3 Å². The van der Waals surface area contributed by atoms with E-state index in [1.54, 1.807) is 0 Å². The minimum Gasteiger partial charge on any atom is -0.435 e. The number of carbonyl (C=O) groups excluding carboxylic acids is 1. The Labute approximate surface area is 68.2 Å². The lowest BCUT2D eigenvalue weighted by atomic mass is 10.1. The summed E-state index contributed by atoms with van der Waals surface area (Å²) in [6.45, 7) is 7.58. The van der Waals surface area contributed by atoms with Gasteiger partial charge in [0.2, 0.25) is 0 Å². The van der Waals surface area contributed by atoms with Crippen molar-refractivity contribution in [2.45, 2.75) is 33.1 Å². The predicted molar refractivity (Wildman–Crippen MR) is 45.0 cm³/mol. The monoisotopic (exact) mass is 156 g/mol. The summed E-state index contributed by atoms with van der Waals surface area (Å²) in [5.41, 5.74) is 0.